The molecule has 0 aliphatic heterocycles. The number of carboxylic acids is 1. The van der Waals surface area contributed by atoms with Crippen LogP contribution in [0, 0.1) is 20.8 Å². The predicted molar refractivity (Wildman–Crippen MR) is 76.4 cm³/mol. The Balaban J connectivity index is 2.84. The van der Waals surface area contributed by atoms with Crippen LogP contribution in [0.2, 0.25) is 0 Å². The van der Waals surface area contributed by atoms with Crippen molar-refractivity contribution in [2.45, 2.75) is 20.8 Å². The number of aromatic nitrogens is 2. The number of carbonyl (C=O) groups is 1. The Bertz CT molecular complexity index is 687. The molecule has 0 unspecified atom stereocenters. The molecule has 2 aromatic rings. The van der Waals surface area contributed by atoms with Crippen molar-refractivity contribution in [2.24, 2.45) is 7.05 Å². The first kappa shape index (κ1) is 14.1. The molecule has 1 aromatic heterocycles. The van der Waals surface area contributed by atoms with E-state index < -0.39 is 5.97 Å². The van der Waals surface area contributed by atoms with E-state index in [0.717, 1.165) is 16.7 Å². The summed E-state index contributed by atoms with van der Waals surface area (Å²) in [6.07, 6.45) is 0. The van der Waals surface area contributed by atoms with E-state index in [2.05, 4.69) is 5.10 Å². The molecule has 0 spiro atoms. The second-order valence-corrected chi connectivity index (χ2v) is 4.90. The van der Waals surface area contributed by atoms with Crippen LogP contribution in [0.5, 0.6) is 5.75 Å². The van der Waals surface area contributed by atoms with Gasteiger partial charge in [-0.1, -0.05) is 6.07 Å². The summed E-state index contributed by atoms with van der Waals surface area (Å²) in [7, 11) is 3.33. The van der Waals surface area contributed by atoms with Crippen LogP contribution in [0.4, 0.5) is 0 Å². The quantitative estimate of drug-likeness (QED) is 0.934. The molecule has 0 amide bonds. The van der Waals surface area contributed by atoms with Gasteiger partial charge in [-0.05, 0) is 38.0 Å². The van der Waals surface area contributed by atoms with Gasteiger partial charge in [-0.25, -0.2) is 4.79 Å². The number of hydrogen-bond acceptors (Lipinski definition) is 3. The van der Waals surface area contributed by atoms with Crippen LogP contribution in [0.15, 0.2) is 12.1 Å². The molecule has 0 bridgehead atoms. The lowest BCUT2D eigenvalue weighted by molar-refractivity contribution is 0.0697. The summed E-state index contributed by atoms with van der Waals surface area (Å²) in [5.41, 5.74) is 4.06. The highest BCUT2D eigenvalue weighted by Gasteiger charge is 2.24. The molecular formula is C15H18N2O3. The third kappa shape index (κ3) is 2.15. The molecule has 0 atom stereocenters. The van der Waals surface area contributed by atoms with Crippen LogP contribution < -0.4 is 4.74 Å². The third-order valence-corrected chi connectivity index (χ3v) is 3.31. The summed E-state index contributed by atoms with van der Waals surface area (Å²) in [4.78, 5) is 11.5. The van der Waals surface area contributed by atoms with Gasteiger partial charge < -0.3 is 9.84 Å². The largest absolute Gasteiger partial charge is 0.496 e. The smallest absolute Gasteiger partial charge is 0.339 e. The van der Waals surface area contributed by atoms with Gasteiger partial charge in [0.25, 0.3) is 0 Å². The van der Waals surface area contributed by atoms with Crippen molar-refractivity contribution >= 4 is 5.97 Å². The molecule has 106 valence electrons. The predicted octanol–water partition coefficient (Wildman–Crippen LogP) is 2.72. The minimum atomic E-state index is -0.980. The molecule has 1 aromatic carbocycles. The van der Waals surface area contributed by atoms with Crippen LogP contribution in [-0.2, 0) is 7.05 Å². The standard InChI is InChI=1S/C15H18N2O3/c1-8-6-9(2)14(20-5)11(7-8)13-12(15(18)19)10(3)16-17(13)4/h6-7H,1-5H3,(H,18,19). The Morgan fingerprint density at radius 1 is 1.30 bits per heavy atom. The van der Waals surface area contributed by atoms with Crippen molar-refractivity contribution in [3.8, 4) is 17.0 Å². The maximum Gasteiger partial charge on any atom is 0.339 e. The molecule has 0 aliphatic carbocycles. The summed E-state index contributed by atoms with van der Waals surface area (Å²) in [6.45, 7) is 5.61. The second kappa shape index (κ2) is 5.00. The number of hydrogen-bond donors (Lipinski definition) is 1. The minimum absolute atomic E-state index is 0.218. The Kier molecular flexibility index (Phi) is 3.53. The van der Waals surface area contributed by atoms with Gasteiger partial charge in [0.2, 0.25) is 0 Å². The lowest BCUT2D eigenvalue weighted by atomic mass is 9.99. The van der Waals surface area contributed by atoms with Crippen LogP contribution in [0.1, 0.15) is 27.2 Å². The summed E-state index contributed by atoms with van der Waals surface area (Å²) in [6, 6.07) is 3.93. The monoisotopic (exact) mass is 274 g/mol. The zero-order chi connectivity index (χ0) is 15.0. The first-order chi connectivity index (χ1) is 9.36. The van der Waals surface area contributed by atoms with Crippen molar-refractivity contribution in [2.75, 3.05) is 7.11 Å². The van der Waals surface area contributed by atoms with E-state index in [1.54, 1.807) is 25.8 Å². The minimum Gasteiger partial charge on any atom is -0.496 e. The number of rotatable bonds is 3. The van der Waals surface area contributed by atoms with Crippen molar-refractivity contribution in [3.63, 3.8) is 0 Å². The number of methoxy groups -OCH3 is 1. The maximum absolute atomic E-state index is 11.5. The normalized spacial score (nSPS) is 10.7. The van der Waals surface area contributed by atoms with Crippen molar-refractivity contribution < 1.29 is 14.6 Å². The lowest BCUT2D eigenvalue weighted by Gasteiger charge is -2.14. The second-order valence-electron chi connectivity index (χ2n) is 4.90. The molecule has 2 rings (SSSR count). The van der Waals surface area contributed by atoms with Gasteiger partial charge in [0, 0.05) is 12.6 Å². The first-order valence-electron chi connectivity index (χ1n) is 6.29. The maximum atomic E-state index is 11.5. The Labute approximate surface area is 117 Å². The molecule has 0 saturated heterocycles. The molecule has 20 heavy (non-hydrogen) atoms. The molecule has 0 radical (unpaired) electrons. The van der Waals surface area contributed by atoms with E-state index in [9.17, 15) is 9.90 Å². The van der Waals surface area contributed by atoms with Gasteiger partial charge in [0.15, 0.2) is 0 Å². The SMILES string of the molecule is COc1c(C)cc(C)cc1-c1c(C(=O)O)c(C)nn1C. The fourth-order valence-corrected chi connectivity index (χ4v) is 2.62. The van der Waals surface area contributed by atoms with E-state index in [1.165, 1.54) is 0 Å². The first-order valence-corrected chi connectivity index (χ1v) is 6.29. The highest BCUT2D eigenvalue weighted by molar-refractivity contribution is 5.97. The summed E-state index contributed by atoms with van der Waals surface area (Å²) >= 11 is 0. The number of ether oxygens (including phenoxy) is 1. The number of aromatic carboxylic acids is 1. The van der Waals surface area contributed by atoms with E-state index in [4.69, 9.17) is 4.74 Å². The van der Waals surface area contributed by atoms with Gasteiger partial charge in [0.05, 0.1) is 18.5 Å². The van der Waals surface area contributed by atoms with Crippen molar-refractivity contribution in [1.82, 2.24) is 9.78 Å². The fourth-order valence-electron chi connectivity index (χ4n) is 2.62. The number of carboxylic acid groups (broad SMARTS) is 1. The zero-order valence-corrected chi connectivity index (χ0v) is 12.3. The van der Waals surface area contributed by atoms with Crippen LogP contribution in [-0.4, -0.2) is 28.0 Å². The van der Waals surface area contributed by atoms with E-state index in [-0.39, 0.29) is 5.56 Å². The van der Waals surface area contributed by atoms with Gasteiger partial charge in [-0.3, -0.25) is 4.68 Å². The van der Waals surface area contributed by atoms with Crippen molar-refractivity contribution in [3.05, 3.63) is 34.5 Å². The Morgan fingerprint density at radius 2 is 1.95 bits per heavy atom. The van der Waals surface area contributed by atoms with Gasteiger partial charge in [-0.2, -0.15) is 5.10 Å². The highest BCUT2D eigenvalue weighted by atomic mass is 16.5. The summed E-state index contributed by atoms with van der Waals surface area (Å²) in [5, 5.41) is 13.7. The number of nitrogens with zero attached hydrogens (tertiary/aromatic N) is 2. The topological polar surface area (TPSA) is 64.3 Å². The van der Waals surface area contributed by atoms with Gasteiger partial charge in [0.1, 0.15) is 11.3 Å². The average molecular weight is 274 g/mol. The fraction of sp³-hybridized carbons (Fsp3) is 0.333. The number of aryl methyl sites for hydroxylation is 4. The molecule has 5 nitrogen and oxygen atoms in total. The van der Waals surface area contributed by atoms with Crippen LogP contribution >= 0.6 is 0 Å². The van der Waals surface area contributed by atoms with Crippen molar-refractivity contribution in [1.29, 1.82) is 0 Å². The molecule has 5 heteroatoms. The zero-order valence-electron chi connectivity index (χ0n) is 12.3. The van der Waals surface area contributed by atoms with Crippen LogP contribution in [0.3, 0.4) is 0 Å². The average Bonchev–Trinajstić information content (AvgIpc) is 2.63. The highest BCUT2D eigenvalue weighted by Crippen LogP contribution is 2.36. The van der Waals surface area contributed by atoms with Gasteiger partial charge >= 0.3 is 5.97 Å². The molecule has 0 saturated carbocycles. The Hall–Kier alpha value is -2.30. The third-order valence-electron chi connectivity index (χ3n) is 3.31. The van der Waals surface area contributed by atoms with E-state index in [0.29, 0.717) is 17.1 Å². The molecule has 1 N–H and O–H groups in total. The van der Waals surface area contributed by atoms with E-state index >= 15 is 0 Å². The lowest BCUT2D eigenvalue weighted by Crippen LogP contribution is -2.03. The Morgan fingerprint density at radius 3 is 2.50 bits per heavy atom. The van der Waals surface area contributed by atoms with Crippen LogP contribution in [0.25, 0.3) is 11.3 Å². The summed E-state index contributed by atoms with van der Waals surface area (Å²) in [5.74, 6) is -0.298. The molecule has 0 aliphatic rings. The molecule has 1 heterocycles. The number of benzene rings is 1. The molecule has 0 fully saturated rings. The summed E-state index contributed by atoms with van der Waals surface area (Å²) < 4.78 is 7.04. The van der Waals surface area contributed by atoms with E-state index in [1.807, 2.05) is 26.0 Å². The van der Waals surface area contributed by atoms with Gasteiger partial charge in [-0.15, -0.1) is 0 Å². The molecular weight excluding hydrogens is 256 g/mol.